The van der Waals surface area contributed by atoms with Gasteiger partial charge in [0.15, 0.2) is 0 Å². The van der Waals surface area contributed by atoms with Gasteiger partial charge in [0, 0.05) is 13.1 Å². The Balaban J connectivity index is 2.29. The molecule has 0 saturated carbocycles. The van der Waals surface area contributed by atoms with Gasteiger partial charge in [-0.2, -0.15) is 4.31 Å². The van der Waals surface area contributed by atoms with Crippen LogP contribution in [0.25, 0.3) is 0 Å². The van der Waals surface area contributed by atoms with Crippen molar-refractivity contribution < 1.29 is 27.1 Å². The molecule has 0 radical (unpaired) electrons. The molecule has 27 heavy (non-hydrogen) atoms. The van der Waals surface area contributed by atoms with Crippen LogP contribution in [0, 0.1) is 5.82 Å². The molecule has 146 valence electrons. The quantitative estimate of drug-likeness (QED) is 0.642. The number of carbonyl (C=O) groups excluding carboxylic acids is 1. The molecule has 0 saturated heterocycles. The predicted octanol–water partition coefficient (Wildman–Crippen LogP) is 3.22. The lowest BCUT2D eigenvalue weighted by Crippen LogP contribution is -2.31. The number of methoxy groups -OCH3 is 1. The Morgan fingerprint density at radius 2 is 1.81 bits per heavy atom. The van der Waals surface area contributed by atoms with Crippen molar-refractivity contribution in [3.05, 3.63) is 59.4 Å². The molecule has 0 fully saturated rings. The summed E-state index contributed by atoms with van der Waals surface area (Å²) in [5, 5.41) is 0. The highest BCUT2D eigenvalue weighted by Crippen LogP contribution is 2.28. The molecule has 0 aromatic heterocycles. The van der Waals surface area contributed by atoms with E-state index in [4.69, 9.17) is 9.47 Å². The van der Waals surface area contributed by atoms with E-state index in [9.17, 15) is 17.6 Å². The fourth-order valence-corrected chi connectivity index (χ4v) is 4.21. The molecule has 2 rings (SSSR count). The summed E-state index contributed by atoms with van der Waals surface area (Å²) in [6, 6.07) is 9.77. The van der Waals surface area contributed by atoms with Crippen LogP contribution in [-0.4, -0.2) is 38.9 Å². The first-order valence-electron chi connectivity index (χ1n) is 8.43. The molecule has 0 atom stereocenters. The molecule has 0 N–H and O–H groups in total. The van der Waals surface area contributed by atoms with Crippen molar-refractivity contribution in [1.82, 2.24) is 4.31 Å². The van der Waals surface area contributed by atoms with Gasteiger partial charge in [-0.3, -0.25) is 0 Å². The van der Waals surface area contributed by atoms with Crippen LogP contribution in [0.3, 0.4) is 0 Å². The van der Waals surface area contributed by atoms with Crippen molar-refractivity contribution in [1.29, 1.82) is 0 Å². The van der Waals surface area contributed by atoms with Crippen LogP contribution in [0.15, 0.2) is 47.4 Å². The monoisotopic (exact) mass is 395 g/mol. The number of hydrogen-bond acceptors (Lipinski definition) is 5. The zero-order chi connectivity index (χ0) is 20.0. The summed E-state index contributed by atoms with van der Waals surface area (Å²) in [6.45, 7) is 3.91. The molecule has 0 aliphatic heterocycles. The van der Waals surface area contributed by atoms with E-state index < -0.39 is 21.8 Å². The number of halogens is 1. The lowest BCUT2D eigenvalue weighted by molar-refractivity contribution is 0.0472. The first-order chi connectivity index (χ1) is 12.8. The van der Waals surface area contributed by atoms with E-state index in [1.807, 2.05) is 0 Å². The number of nitrogens with zero attached hydrogens (tertiary/aromatic N) is 1. The summed E-state index contributed by atoms with van der Waals surface area (Å²) in [5.41, 5.74) is 0.561. The maximum atomic E-state index is 13.2. The van der Waals surface area contributed by atoms with Crippen molar-refractivity contribution in [2.24, 2.45) is 0 Å². The largest absolute Gasteiger partial charge is 0.495 e. The van der Waals surface area contributed by atoms with Gasteiger partial charge in [0.1, 0.15) is 23.1 Å². The fourth-order valence-electron chi connectivity index (χ4n) is 2.57. The van der Waals surface area contributed by atoms with Gasteiger partial charge in [-0.15, -0.1) is 0 Å². The Morgan fingerprint density at radius 3 is 2.41 bits per heavy atom. The molecule has 0 bridgehead atoms. The highest BCUT2D eigenvalue weighted by molar-refractivity contribution is 7.89. The fraction of sp³-hybridized carbons (Fsp3) is 0.316. The Labute approximate surface area is 158 Å². The third-order valence-corrected chi connectivity index (χ3v) is 6.05. The number of sulfonamides is 1. The third-order valence-electron chi connectivity index (χ3n) is 3.98. The molecule has 8 heteroatoms. The molecular formula is C19H22FNO5S. The number of ether oxygens (including phenoxy) is 2. The zero-order valence-corrected chi connectivity index (χ0v) is 16.3. The van der Waals surface area contributed by atoms with Gasteiger partial charge in [-0.1, -0.05) is 26.0 Å². The predicted molar refractivity (Wildman–Crippen MR) is 98.6 cm³/mol. The molecule has 0 unspecified atom stereocenters. The highest BCUT2D eigenvalue weighted by Gasteiger charge is 2.27. The summed E-state index contributed by atoms with van der Waals surface area (Å²) < 4.78 is 50.4. The van der Waals surface area contributed by atoms with Crippen LogP contribution in [0.2, 0.25) is 0 Å². The number of esters is 1. The van der Waals surface area contributed by atoms with Crippen molar-refractivity contribution >= 4 is 16.0 Å². The Morgan fingerprint density at radius 1 is 1.11 bits per heavy atom. The van der Waals surface area contributed by atoms with Gasteiger partial charge in [-0.25, -0.2) is 17.6 Å². The maximum Gasteiger partial charge on any atom is 0.338 e. The van der Waals surface area contributed by atoms with Crippen molar-refractivity contribution in [3.63, 3.8) is 0 Å². The summed E-state index contributed by atoms with van der Waals surface area (Å²) in [6.07, 6.45) is 0. The first kappa shape index (κ1) is 20.9. The van der Waals surface area contributed by atoms with E-state index in [0.717, 1.165) is 0 Å². The molecule has 0 heterocycles. The number of hydrogen-bond donors (Lipinski definition) is 0. The molecule has 0 amide bonds. The molecule has 6 nitrogen and oxygen atoms in total. The minimum atomic E-state index is -3.82. The Hall–Kier alpha value is -2.45. The second-order valence-corrected chi connectivity index (χ2v) is 7.57. The van der Waals surface area contributed by atoms with Crippen LogP contribution in [0.4, 0.5) is 4.39 Å². The number of benzene rings is 2. The van der Waals surface area contributed by atoms with Gasteiger partial charge in [0.2, 0.25) is 10.0 Å². The minimum Gasteiger partial charge on any atom is -0.495 e. The molecule has 0 aliphatic carbocycles. The summed E-state index contributed by atoms with van der Waals surface area (Å²) in [7, 11) is -2.46. The van der Waals surface area contributed by atoms with Crippen LogP contribution < -0.4 is 4.74 Å². The molecular weight excluding hydrogens is 373 g/mol. The second-order valence-electron chi connectivity index (χ2n) is 5.66. The van der Waals surface area contributed by atoms with Crippen molar-refractivity contribution in [3.8, 4) is 5.75 Å². The molecule has 2 aromatic rings. The Kier molecular flexibility index (Phi) is 6.92. The standard InChI is InChI=1S/C19H22FNO5S/c1-4-21(5-2)27(23,24)18-12-15(9-10-17(18)25-3)19(22)26-13-14-7-6-8-16(20)11-14/h6-12H,4-5,13H2,1-3H3. The van der Waals surface area contributed by atoms with Crippen molar-refractivity contribution in [2.75, 3.05) is 20.2 Å². The highest BCUT2D eigenvalue weighted by atomic mass is 32.2. The van der Waals surface area contributed by atoms with Crippen LogP contribution in [-0.2, 0) is 21.4 Å². The lowest BCUT2D eigenvalue weighted by Gasteiger charge is -2.20. The minimum absolute atomic E-state index is 0.0675. The average molecular weight is 395 g/mol. The van der Waals surface area contributed by atoms with Crippen molar-refractivity contribution in [2.45, 2.75) is 25.3 Å². The van der Waals surface area contributed by atoms with Crippen LogP contribution in [0.5, 0.6) is 5.75 Å². The smallest absolute Gasteiger partial charge is 0.338 e. The molecule has 0 spiro atoms. The van der Waals surface area contributed by atoms with E-state index in [-0.39, 0.29) is 35.9 Å². The molecule has 0 aliphatic rings. The van der Waals surface area contributed by atoms with Gasteiger partial charge in [0.25, 0.3) is 0 Å². The van der Waals surface area contributed by atoms with E-state index in [2.05, 4.69) is 0 Å². The topological polar surface area (TPSA) is 72.9 Å². The maximum absolute atomic E-state index is 13.2. The number of rotatable bonds is 8. The number of carbonyl (C=O) groups is 1. The van der Waals surface area contributed by atoms with Gasteiger partial charge >= 0.3 is 5.97 Å². The van der Waals surface area contributed by atoms with E-state index in [0.29, 0.717) is 5.56 Å². The first-order valence-corrected chi connectivity index (χ1v) is 9.87. The van der Waals surface area contributed by atoms with E-state index in [1.54, 1.807) is 19.9 Å². The lowest BCUT2D eigenvalue weighted by atomic mass is 10.2. The normalized spacial score (nSPS) is 11.4. The average Bonchev–Trinajstić information content (AvgIpc) is 2.66. The summed E-state index contributed by atoms with van der Waals surface area (Å²) >= 11 is 0. The Bertz CT molecular complexity index is 910. The van der Waals surface area contributed by atoms with Gasteiger partial charge < -0.3 is 9.47 Å². The van der Waals surface area contributed by atoms with E-state index >= 15 is 0 Å². The van der Waals surface area contributed by atoms with Crippen LogP contribution >= 0.6 is 0 Å². The van der Waals surface area contributed by atoms with Gasteiger partial charge in [0.05, 0.1) is 12.7 Å². The molecule has 2 aromatic carbocycles. The summed E-state index contributed by atoms with van der Waals surface area (Å²) in [5.74, 6) is -0.998. The van der Waals surface area contributed by atoms with Crippen LogP contribution in [0.1, 0.15) is 29.8 Å². The summed E-state index contributed by atoms with van der Waals surface area (Å²) in [4.78, 5) is 12.2. The van der Waals surface area contributed by atoms with Gasteiger partial charge in [-0.05, 0) is 35.9 Å². The SMILES string of the molecule is CCN(CC)S(=O)(=O)c1cc(C(=O)OCc2cccc(F)c2)ccc1OC. The zero-order valence-electron chi connectivity index (χ0n) is 15.4. The third kappa shape index (κ3) is 4.84. The second kappa shape index (κ2) is 8.96. The van der Waals surface area contributed by atoms with E-state index in [1.165, 1.54) is 47.8 Å².